The monoisotopic (exact) mass is 224 g/mol. The summed E-state index contributed by atoms with van der Waals surface area (Å²) in [6.07, 6.45) is 1.45. The fraction of sp³-hybridized carbons (Fsp3) is 0.250. The minimum Gasteiger partial charge on any atom is -0.461 e. The second-order valence-electron chi connectivity index (χ2n) is 2.72. The third kappa shape index (κ3) is 1.73. The lowest BCUT2D eigenvalue weighted by molar-refractivity contribution is 0.0519. The summed E-state index contributed by atoms with van der Waals surface area (Å²) in [6, 6.07) is 1.47. The van der Waals surface area contributed by atoms with Crippen LogP contribution in [0.15, 0.2) is 12.4 Å². The fourth-order valence-corrected chi connectivity index (χ4v) is 1.38. The van der Waals surface area contributed by atoms with Gasteiger partial charge in [0.25, 0.3) is 5.78 Å². The third-order valence-corrected chi connectivity index (χ3v) is 2.05. The van der Waals surface area contributed by atoms with Gasteiger partial charge in [-0.1, -0.05) is 12.2 Å². The van der Waals surface area contributed by atoms with Gasteiger partial charge in [-0.15, -0.1) is 0 Å². The molecule has 0 atom stereocenters. The van der Waals surface area contributed by atoms with E-state index in [-0.39, 0.29) is 5.69 Å². The lowest BCUT2D eigenvalue weighted by atomic mass is 10.4. The Morgan fingerprint density at radius 1 is 1.73 bits per heavy atom. The van der Waals surface area contributed by atoms with Gasteiger partial charge in [0.1, 0.15) is 11.0 Å². The first-order valence-electron chi connectivity index (χ1n) is 4.32. The van der Waals surface area contributed by atoms with Crippen molar-refractivity contribution in [3.63, 3.8) is 0 Å². The molecule has 0 saturated heterocycles. The van der Waals surface area contributed by atoms with Crippen LogP contribution < -0.4 is 0 Å². The average molecular weight is 224 g/mol. The van der Waals surface area contributed by atoms with Crippen LogP contribution >= 0.6 is 12.2 Å². The van der Waals surface area contributed by atoms with Gasteiger partial charge in [0, 0.05) is 6.07 Å². The van der Waals surface area contributed by atoms with Crippen molar-refractivity contribution in [1.82, 2.24) is 19.6 Å². The second kappa shape index (κ2) is 3.77. The van der Waals surface area contributed by atoms with E-state index >= 15 is 0 Å². The second-order valence-corrected chi connectivity index (χ2v) is 3.14. The first-order chi connectivity index (χ1) is 7.22. The zero-order valence-electron chi connectivity index (χ0n) is 7.93. The smallest absolute Gasteiger partial charge is 0.357 e. The number of ether oxygens (including phenoxy) is 1. The Balaban J connectivity index is 2.54. The molecule has 0 saturated carbocycles. The zero-order chi connectivity index (χ0) is 10.8. The number of aromatic amines is 1. The molecule has 6 nitrogen and oxygen atoms in total. The number of aromatic nitrogens is 4. The Hall–Kier alpha value is -1.76. The van der Waals surface area contributed by atoms with E-state index in [4.69, 9.17) is 17.0 Å². The summed E-state index contributed by atoms with van der Waals surface area (Å²) in [5, 5.41) is 2.77. The maximum Gasteiger partial charge on any atom is 0.357 e. The number of esters is 1. The first kappa shape index (κ1) is 9.78. The number of fused-ring (bicyclic) bond motifs is 1. The van der Waals surface area contributed by atoms with Crippen molar-refractivity contribution in [3.05, 3.63) is 22.7 Å². The van der Waals surface area contributed by atoms with Crippen molar-refractivity contribution in [2.45, 2.75) is 6.92 Å². The summed E-state index contributed by atoms with van der Waals surface area (Å²) < 4.78 is 6.74. The van der Waals surface area contributed by atoms with Gasteiger partial charge in [-0.3, -0.25) is 5.10 Å². The van der Waals surface area contributed by atoms with Crippen molar-refractivity contribution in [1.29, 1.82) is 0 Å². The summed E-state index contributed by atoms with van der Waals surface area (Å²) in [4.78, 5) is 19.3. The highest BCUT2D eigenvalue weighted by Crippen LogP contribution is 2.02. The molecular weight excluding hydrogens is 216 g/mol. The summed E-state index contributed by atoms with van der Waals surface area (Å²) in [5.74, 6) is -0.139. The fourth-order valence-electron chi connectivity index (χ4n) is 1.13. The van der Waals surface area contributed by atoms with Gasteiger partial charge in [0.05, 0.1) is 6.61 Å². The van der Waals surface area contributed by atoms with E-state index in [0.717, 1.165) is 0 Å². The predicted octanol–water partition coefficient (Wildman–Crippen LogP) is 0.964. The molecule has 0 aromatic carbocycles. The molecule has 2 rings (SSSR count). The zero-order valence-corrected chi connectivity index (χ0v) is 8.74. The van der Waals surface area contributed by atoms with Crippen molar-refractivity contribution >= 4 is 24.0 Å². The minimum absolute atomic E-state index is 0.175. The van der Waals surface area contributed by atoms with E-state index in [1.807, 2.05) is 0 Å². The van der Waals surface area contributed by atoms with Gasteiger partial charge in [-0.05, 0) is 6.92 Å². The molecule has 1 N–H and O–H groups in total. The number of carbonyl (C=O) groups excluding carboxylic acids is 1. The molecule has 0 amide bonds. The number of nitrogens with zero attached hydrogens (tertiary/aromatic N) is 3. The molecule has 2 aromatic rings. The Morgan fingerprint density at radius 2 is 2.53 bits per heavy atom. The standard InChI is InChI=1S/C8H8N4O2S/c1-2-14-7(13)5-3-6(15)12-8(11-5)9-4-10-12/h3-4H,2H2,1H3,(H,9,10,11). The highest BCUT2D eigenvalue weighted by atomic mass is 32.1. The van der Waals surface area contributed by atoms with Gasteiger partial charge in [-0.25, -0.2) is 19.3 Å². The van der Waals surface area contributed by atoms with Gasteiger partial charge < -0.3 is 4.74 Å². The molecule has 2 heterocycles. The predicted molar refractivity (Wildman–Crippen MR) is 54.1 cm³/mol. The lowest BCUT2D eigenvalue weighted by Crippen LogP contribution is -2.09. The summed E-state index contributed by atoms with van der Waals surface area (Å²) in [7, 11) is 0. The summed E-state index contributed by atoms with van der Waals surface area (Å²) in [5.41, 5.74) is 0.175. The van der Waals surface area contributed by atoms with Crippen molar-refractivity contribution in [2.24, 2.45) is 0 Å². The van der Waals surface area contributed by atoms with Crippen LogP contribution in [0.25, 0.3) is 5.78 Å². The van der Waals surface area contributed by atoms with Crippen LogP contribution in [-0.4, -0.2) is 32.2 Å². The van der Waals surface area contributed by atoms with E-state index in [0.29, 0.717) is 17.0 Å². The number of hydrogen-bond donors (Lipinski definition) is 1. The van der Waals surface area contributed by atoms with E-state index in [9.17, 15) is 4.79 Å². The van der Waals surface area contributed by atoms with Crippen LogP contribution in [-0.2, 0) is 4.74 Å². The van der Waals surface area contributed by atoms with E-state index in [1.54, 1.807) is 6.92 Å². The number of hydrogen-bond acceptors (Lipinski definition) is 5. The molecule has 0 aliphatic heterocycles. The topological polar surface area (TPSA) is 72.3 Å². The Kier molecular flexibility index (Phi) is 2.46. The van der Waals surface area contributed by atoms with E-state index in [2.05, 4.69) is 15.1 Å². The number of H-pyrrole nitrogens is 1. The van der Waals surface area contributed by atoms with Crippen molar-refractivity contribution in [3.8, 4) is 0 Å². The SMILES string of the molecule is CCOC(=O)c1cc(=S)n2[nH]cnc2n1. The molecule has 0 radical (unpaired) electrons. The maximum atomic E-state index is 11.4. The van der Waals surface area contributed by atoms with Crippen molar-refractivity contribution < 1.29 is 9.53 Å². The Morgan fingerprint density at radius 3 is 3.27 bits per heavy atom. The maximum absolute atomic E-state index is 11.4. The first-order valence-corrected chi connectivity index (χ1v) is 4.73. The molecule has 0 bridgehead atoms. The largest absolute Gasteiger partial charge is 0.461 e. The van der Waals surface area contributed by atoms with Crippen molar-refractivity contribution in [2.75, 3.05) is 6.61 Å². The van der Waals surface area contributed by atoms with Gasteiger partial charge in [0.15, 0.2) is 5.69 Å². The molecule has 15 heavy (non-hydrogen) atoms. The molecular formula is C8H8N4O2S. The highest BCUT2D eigenvalue weighted by molar-refractivity contribution is 7.71. The Labute approximate surface area is 89.9 Å². The van der Waals surface area contributed by atoms with E-state index in [1.165, 1.54) is 16.9 Å². The molecule has 2 aromatic heterocycles. The van der Waals surface area contributed by atoms with E-state index < -0.39 is 5.97 Å². The summed E-state index contributed by atoms with van der Waals surface area (Å²) in [6.45, 7) is 2.04. The van der Waals surface area contributed by atoms with Gasteiger partial charge >= 0.3 is 5.97 Å². The van der Waals surface area contributed by atoms with Gasteiger partial charge in [-0.2, -0.15) is 0 Å². The van der Waals surface area contributed by atoms with Crippen LogP contribution in [0, 0.1) is 4.64 Å². The van der Waals surface area contributed by atoms with Crippen LogP contribution in [0.3, 0.4) is 0 Å². The molecule has 7 heteroatoms. The molecule has 0 fully saturated rings. The van der Waals surface area contributed by atoms with Crippen LogP contribution in [0.1, 0.15) is 17.4 Å². The molecule has 0 aliphatic rings. The number of nitrogens with one attached hydrogen (secondary N) is 1. The van der Waals surface area contributed by atoms with Gasteiger partial charge in [0.2, 0.25) is 0 Å². The highest BCUT2D eigenvalue weighted by Gasteiger charge is 2.10. The van der Waals surface area contributed by atoms with Crippen LogP contribution in [0.4, 0.5) is 0 Å². The summed E-state index contributed by atoms with van der Waals surface area (Å²) >= 11 is 5.04. The number of rotatable bonds is 2. The van der Waals surface area contributed by atoms with Crippen LogP contribution in [0.5, 0.6) is 0 Å². The Bertz CT molecular complexity index is 559. The molecule has 0 unspecified atom stereocenters. The minimum atomic E-state index is -0.492. The molecule has 0 spiro atoms. The number of carbonyl (C=O) groups is 1. The lowest BCUT2D eigenvalue weighted by Gasteiger charge is -2.00. The van der Waals surface area contributed by atoms with Crippen LogP contribution in [0.2, 0.25) is 0 Å². The molecule has 78 valence electrons. The third-order valence-electron chi connectivity index (χ3n) is 1.75. The normalized spacial score (nSPS) is 10.5. The average Bonchev–Trinajstić information content (AvgIpc) is 2.66. The molecule has 0 aliphatic carbocycles. The quantitative estimate of drug-likeness (QED) is 0.607.